The summed E-state index contributed by atoms with van der Waals surface area (Å²) in [5, 5.41) is 3.53. The average Bonchev–Trinajstić information content (AvgIpc) is 2.83. The average molecular weight is 260 g/mol. The predicted molar refractivity (Wildman–Crippen MR) is 77.6 cm³/mol. The summed E-state index contributed by atoms with van der Waals surface area (Å²) in [4.78, 5) is 12.0. The van der Waals surface area contributed by atoms with E-state index < -0.39 is 5.54 Å². The highest BCUT2D eigenvalue weighted by Crippen LogP contribution is 2.39. The molecule has 0 bridgehead atoms. The first-order chi connectivity index (χ1) is 9.10. The lowest BCUT2D eigenvalue weighted by Gasteiger charge is -2.36. The van der Waals surface area contributed by atoms with E-state index in [1.807, 2.05) is 18.2 Å². The summed E-state index contributed by atoms with van der Waals surface area (Å²) in [6.45, 7) is 4.24. The fraction of sp³-hybridized carbons (Fsp3) is 0.562. The lowest BCUT2D eigenvalue weighted by Crippen LogP contribution is -2.58. The Kier molecular flexibility index (Phi) is 4.25. The third-order valence-corrected chi connectivity index (χ3v) is 4.53. The first-order valence-electron chi connectivity index (χ1n) is 7.22. The van der Waals surface area contributed by atoms with Crippen LogP contribution in [0.1, 0.15) is 51.1 Å². The Bertz CT molecular complexity index is 432. The van der Waals surface area contributed by atoms with E-state index in [0.29, 0.717) is 5.92 Å². The van der Waals surface area contributed by atoms with E-state index in [9.17, 15) is 4.79 Å². The third kappa shape index (κ3) is 2.66. The van der Waals surface area contributed by atoms with Crippen LogP contribution in [0.2, 0.25) is 0 Å². The number of hydrogen-bond donors (Lipinski definition) is 2. The molecule has 2 rings (SSSR count). The number of primary amides is 1. The molecule has 0 unspecified atom stereocenters. The van der Waals surface area contributed by atoms with Crippen LogP contribution in [0, 0.1) is 5.92 Å². The number of carbonyl (C=O) groups is 1. The number of nitrogens with one attached hydrogen (secondary N) is 1. The van der Waals surface area contributed by atoms with Crippen LogP contribution < -0.4 is 11.1 Å². The van der Waals surface area contributed by atoms with Gasteiger partial charge in [0.15, 0.2) is 0 Å². The summed E-state index contributed by atoms with van der Waals surface area (Å²) in [5.41, 5.74) is 6.40. The zero-order valence-electron chi connectivity index (χ0n) is 11.9. The Morgan fingerprint density at radius 2 is 2.16 bits per heavy atom. The molecule has 1 aliphatic carbocycles. The van der Waals surface area contributed by atoms with Crippen LogP contribution in [0.15, 0.2) is 30.3 Å². The summed E-state index contributed by atoms with van der Waals surface area (Å²) < 4.78 is 0. The Balaban J connectivity index is 2.20. The van der Waals surface area contributed by atoms with Crippen molar-refractivity contribution in [3.05, 3.63) is 35.9 Å². The molecule has 3 N–H and O–H groups in total. The molecule has 3 atom stereocenters. The molecule has 1 aliphatic rings. The van der Waals surface area contributed by atoms with Gasteiger partial charge in [0.1, 0.15) is 5.54 Å². The van der Waals surface area contributed by atoms with Crippen molar-refractivity contribution in [1.29, 1.82) is 0 Å². The first kappa shape index (κ1) is 14.1. The smallest absolute Gasteiger partial charge is 0.238 e. The molecule has 0 aromatic heterocycles. The Morgan fingerprint density at radius 1 is 1.47 bits per heavy atom. The van der Waals surface area contributed by atoms with Crippen molar-refractivity contribution in [3.63, 3.8) is 0 Å². The molecule has 104 valence electrons. The van der Waals surface area contributed by atoms with Gasteiger partial charge in [0, 0.05) is 6.04 Å². The molecule has 1 amide bonds. The normalized spacial score (nSPS) is 28.2. The van der Waals surface area contributed by atoms with Crippen molar-refractivity contribution in [3.8, 4) is 0 Å². The minimum Gasteiger partial charge on any atom is -0.368 e. The van der Waals surface area contributed by atoms with Gasteiger partial charge in [0.2, 0.25) is 5.91 Å². The summed E-state index contributed by atoms with van der Waals surface area (Å²) in [5.74, 6) is 0.163. The summed E-state index contributed by atoms with van der Waals surface area (Å²) in [7, 11) is 0. The van der Waals surface area contributed by atoms with E-state index in [4.69, 9.17) is 5.73 Å². The van der Waals surface area contributed by atoms with Crippen molar-refractivity contribution in [2.45, 2.75) is 51.1 Å². The van der Waals surface area contributed by atoms with Crippen molar-refractivity contribution in [2.75, 3.05) is 0 Å². The predicted octanol–water partition coefficient (Wildman–Crippen LogP) is 2.77. The van der Waals surface area contributed by atoms with Crippen LogP contribution in [0.3, 0.4) is 0 Å². The summed E-state index contributed by atoms with van der Waals surface area (Å²) in [6, 6.07) is 10.4. The maximum Gasteiger partial charge on any atom is 0.238 e. The van der Waals surface area contributed by atoms with Gasteiger partial charge < -0.3 is 5.73 Å². The molecular formula is C16H24N2O. The van der Waals surface area contributed by atoms with E-state index in [1.54, 1.807) is 0 Å². The Hall–Kier alpha value is -1.35. The maximum atomic E-state index is 12.0. The molecule has 0 spiro atoms. The molecule has 1 aromatic rings. The second-order valence-electron chi connectivity index (χ2n) is 5.61. The molecule has 1 fully saturated rings. The highest BCUT2D eigenvalue weighted by molar-refractivity contribution is 5.85. The van der Waals surface area contributed by atoms with E-state index in [0.717, 1.165) is 25.7 Å². The maximum absolute atomic E-state index is 12.0. The molecule has 0 saturated heterocycles. The van der Waals surface area contributed by atoms with Gasteiger partial charge in [-0.3, -0.25) is 10.1 Å². The highest BCUT2D eigenvalue weighted by Gasteiger charge is 2.47. The van der Waals surface area contributed by atoms with Gasteiger partial charge in [-0.15, -0.1) is 0 Å². The lowest BCUT2D eigenvalue weighted by atomic mass is 9.83. The molecule has 1 aromatic carbocycles. The van der Waals surface area contributed by atoms with Gasteiger partial charge >= 0.3 is 0 Å². The minimum atomic E-state index is -0.524. The van der Waals surface area contributed by atoms with Gasteiger partial charge in [-0.1, -0.05) is 50.1 Å². The Labute approximate surface area is 115 Å². The topological polar surface area (TPSA) is 55.1 Å². The number of carbonyl (C=O) groups excluding carboxylic acids is 1. The fourth-order valence-corrected chi connectivity index (χ4v) is 3.43. The Morgan fingerprint density at radius 3 is 2.74 bits per heavy atom. The molecule has 0 heterocycles. The van der Waals surface area contributed by atoms with Crippen LogP contribution in [0.4, 0.5) is 0 Å². The molecule has 3 heteroatoms. The molecule has 0 radical (unpaired) electrons. The van der Waals surface area contributed by atoms with Crippen LogP contribution in [-0.4, -0.2) is 11.4 Å². The second-order valence-corrected chi connectivity index (χ2v) is 5.61. The monoisotopic (exact) mass is 260 g/mol. The fourth-order valence-electron chi connectivity index (χ4n) is 3.43. The first-order valence-corrected chi connectivity index (χ1v) is 7.22. The van der Waals surface area contributed by atoms with E-state index in [1.165, 1.54) is 5.56 Å². The highest BCUT2D eigenvalue weighted by atomic mass is 16.1. The minimum absolute atomic E-state index is 0.140. The molecular weight excluding hydrogens is 236 g/mol. The zero-order chi connectivity index (χ0) is 13.9. The van der Waals surface area contributed by atoms with Crippen LogP contribution in [0.5, 0.6) is 0 Å². The SMILES string of the molecule is CC[C@@H]1CCC[C@]1(N[C@H](C)c1ccccc1)C(N)=O. The van der Waals surface area contributed by atoms with Gasteiger partial charge in [0.25, 0.3) is 0 Å². The van der Waals surface area contributed by atoms with Crippen molar-refractivity contribution >= 4 is 5.91 Å². The van der Waals surface area contributed by atoms with Gasteiger partial charge in [-0.2, -0.15) is 0 Å². The van der Waals surface area contributed by atoms with E-state index in [2.05, 4.69) is 31.3 Å². The molecule has 0 aliphatic heterocycles. The standard InChI is InChI=1S/C16H24N2O/c1-3-14-10-7-11-16(14,15(17)19)18-12(2)13-8-5-4-6-9-13/h4-6,8-9,12,14,18H,3,7,10-11H2,1-2H3,(H2,17,19)/t12-,14-,16-/m1/s1. The van der Waals surface area contributed by atoms with Crippen molar-refractivity contribution in [1.82, 2.24) is 5.32 Å². The number of amides is 1. The van der Waals surface area contributed by atoms with Crippen LogP contribution in [-0.2, 0) is 4.79 Å². The lowest BCUT2D eigenvalue weighted by molar-refractivity contribution is -0.126. The van der Waals surface area contributed by atoms with E-state index in [-0.39, 0.29) is 11.9 Å². The third-order valence-electron chi connectivity index (χ3n) is 4.53. The molecule has 19 heavy (non-hydrogen) atoms. The number of rotatable bonds is 5. The van der Waals surface area contributed by atoms with E-state index >= 15 is 0 Å². The zero-order valence-corrected chi connectivity index (χ0v) is 11.9. The van der Waals surface area contributed by atoms with Gasteiger partial charge in [-0.25, -0.2) is 0 Å². The van der Waals surface area contributed by atoms with Gasteiger partial charge in [0.05, 0.1) is 0 Å². The summed E-state index contributed by atoms with van der Waals surface area (Å²) in [6.07, 6.45) is 4.03. The molecule has 1 saturated carbocycles. The number of nitrogens with two attached hydrogens (primary N) is 1. The number of benzene rings is 1. The quantitative estimate of drug-likeness (QED) is 0.855. The largest absolute Gasteiger partial charge is 0.368 e. The van der Waals surface area contributed by atoms with Crippen molar-refractivity contribution < 1.29 is 4.79 Å². The summed E-state index contributed by atoms with van der Waals surface area (Å²) >= 11 is 0. The van der Waals surface area contributed by atoms with Gasteiger partial charge in [-0.05, 0) is 31.2 Å². The van der Waals surface area contributed by atoms with Crippen molar-refractivity contribution in [2.24, 2.45) is 11.7 Å². The molecule has 3 nitrogen and oxygen atoms in total. The van der Waals surface area contributed by atoms with Crippen LogP contribution in [0.25, 0.3) is 0 Å². The number of hydrogen-bond acceptors (Lipinski definition) is 2. The van der Waals surface area contributed by atoms with Crippen LogP contribution >= 0.6 is 0 Å². The second kappa shape index (κ2) is 5.74.